The van der Waals surface area contributed by atoms with Crippen molar-refractivity contribution in [2.24, 2.45) is 5.92 Å². The molecule has 0 spiro atoms. The van der Waals surface area contributed by atoms with Crippen molar-refractivity contribution in [2.75, 3.05) is 19.6 Å². The lowest BCUT2D eigenvalue weighted by Gasteiger charge is -2.22. The normalized spacial score (nSPS) is 16.9. The number of nitrogens with one attached hydrogen (secondary N) is 2. The summed E-state index contributed by atoms with van der Waals surface area (Å²) in [5, 5.41) is 6.95. The summed E-state index contributed by atoms with van der Waals surface area (Å²) in [6.07, 6.45) is 5.30. The van der Waals surface area contributed by atoms with E-state index in [0.717, 1.165) is 30.6 Å². The van der Waals surface area contributed by atoms with Crippen molar-refractivity contribution in [1.29, 1.82) is 0 Å². The van der Waals surface area contributed by atoms with E-state index in [4.69, 9.17) is 0 Å². The third kappa shape index (κ3) is 5.05. The Hall–Kier alpha value is -1.92. The Morgan fingerprint density at radius 3 is 3.04 bits per heavy atom. The maximum atomic E-state index is 12.5. The SMILES string of the molecule is Cc1cccc2c(=O)n(CCC(=O)NCCC3CCCNC3)cnc12.Cl. The van der Waals surface area contributed by atoms with Crippen molar-refractivity contribution in [3.8, 4) is 0 Å². The van der Waals surface area contributed by atoms with Crippen molar-refractivity contribution in [3.05, 3.63) is 40.4 Å². The van der Waals surface area contributed by atoms with Crippen LogP contribution in [0.5, 0.6) is 0 Å². The molecular weight excluding hydrogens is 352 g/mol. The molecule has 1 aromatic heterocycles. The van der Waals surface area contributed by atoms with Gasteiger partial charge in [-0.2, -0.15) is 0 Å². The molecule has 142 valence electrons. The zero-order valence-corrected chi connectivity index (χ0v) is 16.0. The zero-order chi connectivity index (χ0) is 17.6. The average molecular weight is 379 g/mol. The van der Waals surface area contributed by atoms with Crippen LogP contribution in [-0.2, 0) is 11.3 Å². The van der Waals surface area contributed by atoms with E-state index >= 15 is 0 Å². The number of aryl methyl sites for hydroxylation is 2. The summed E-state index contributed by atoms with van der Waals surface area (Å²) in [5.74, 6) is 0.643. The van der Waals surface area contributed by atoms with E-state index in [1.165, 1.54) is 17.4 Å². The number of amides is 1. The largest absolute Gasteiger partial charge is 0.356 e. The van der Waals surface area contributed by atoms with Crippen LogP contribution in [-0.4, -0.2) is 35.1 Å². The molecule has 1 fully saturated rings. The van der Waals surface area contributed by atoms with Crippen LogP contribution in [0.15, 0.2) is 29.3 Å². The fourth-order valence-electron chi connectivity index (χ4n) is 3.39. The average Bonchev–Trinajstić information content (AvgIpc) is 2.63. The highest BCUT2D eigenvalue weighted by Crippen LogP contribution is 2.13. The van der Waals surface area contributed by atoms with Crippen molar-refractivity contribution in [2.45, 2.75) is 39.2 Å². The number of benzene rings is 1. The van der Waals surface area contributed by atoms with Gasteiger partial charge in [-0.05, 0) is 56.8 Å². The number of halogens is 1. The van der Waals surface area contributed by atoms with Crippen LogP contribution in [0.2, 0.25) is 0 Å². The monoisotopic (exact) mass is 378 g/mol. The maximum Gasteiger partial charge on any atom is 0.261 e. The van der Waals surface area contributed by atoms with Gasteiger partial charge in [-0.1, -0.05) is 12.1 Å². The van der Waals surface area contributed by atoms with Crippen LogP contribution in [0, 0.1) is 12.8 Å². The highest BCUT2D eigenvalue weighted by atomic mass is 35.5. The van der Waals surface area contributed by atoms with Crippen molar-refractivity contribution < 1.29 is 4.79 Å². The van der Waals surface area contributed by atoms with Gasteiger partial charge in [0.25, 0.3) is 5.56 Å². The molecule has 1 amide bonds. The Bertz CT molecular complexity index is 800. The summed E-state index contributed by atoms with van der Waals surface area (Å²) in [6.45, 7) is 5.15. The molecule has 26 heavy (non-hydrogen) atoms. The standard InChI is InChI=1S/C19H26N4O2.ClH/c1-14-4-2-6-16-18(14)22-13-23(19(16)25)11-8-17(24)21-10-7-15-5-3-9-20-12-15;/h2,4,6,13,15,20H,3,5,7-12H2,1H3,(H,21,24);1H. The number of aromatic nitrogens is 2. The summed E-state index contributed by atoms with van der Waals surface area (Å²) in [7, 11) is 0. The molecule has 1 aliphatic heterocycles. The van der Waals surface area contributed by atoms with Crippen LogP contribution in [0.1, 0.15) is 31.2 Å². The number of fused-ring (bicyclic) bond motifs is 1. The lowest BCUT2D eigenvalue weighted by molar-refractivity contribution is -0.121. The van der Waals surface area contributed by atoms with E-state index < -0.39 is 0 Å². The molecule has 1 saturated heterocycles. The van der Waals surface area contributed by atoms with E-state index in [0.29, 0.717) is 30.8 Å². The molecular formula is C19H27ClN4O2. The molecule has 3 rings (SSSR count). The van der Waals surface area contributed by atoms with E-state index in [1.54, 1.807) is 12.4 Å². The first-order valence-corrected chi connectivity index (χ1v) is 9.07. The second kappa shape index (κ2) is 9.69. The van der Waals surface area contributed by atoms with Gasteiger partial charge in [0.05, 0.1) is 17.2 Å². The molecule has 1 unspecified atom stereocenters. The quantitative estimate of drug-likeness (QED) is 0.806. The highest BCUT2D eigenvalue weighted by molar-refractivity contribution is 5.85. The molecule has 0 aliphatic carbocycles. The predicted octanol–water partition coefficient (Wildman–Crippen LogP) is 2.02. The summed E-state index contributed by atoms with van der Waals surface area (Å²) in [4.78, 5) is 28.9. The lowest BCUT2D eigenvalue weighted by Crippen LogP contribution is -2.33. The van der Waals surface area contributed by atoms with Gasteiger partial charge in [0.2, 0.25) is 5.91 Å². The first-order chi connectivity index (χ1) is 12.1. The van der Waals surface area contributed by atoms with Crippen molar-refractivity contribution in [1.82, 2.24) is 20.2 Å². The minimum Gasteiger partial charge on any atom is -0.356 e. The number of piperidine rings is 1. The number of rotatable bonds is 6. The fourth-order valence-corrected chi connectivity index (χ4v) is 3.39. The van der Waals surface area contributed by atoms with Gasteiger partial charge < -0.3 is 10.6 Å². The number of nitrogens with zero attached hydrogens (tertiary/aromatic N) is 2. The van der Waals surface area contributed by atoms with Gasteiger partial charge in [-0.25, -0.2) is 4.98 Å². The third-order valence-electron chi connectivity index (χ3n) is 4.91. The minimum atomic E-state index is -0.0882. The van der Waals surface area contributed by atoms with Gasteiger partial charge in [0.15, 0.2) is 0 Å². The van der Waals surface area contributed by atoms with Crippen LogP contribution in [0.3, 0.4) is 0 Å². The Balaban J connectivity index is 0.00000243. The van der Waals surface area contributed by atoms with Crippen LogP contribution in [0.4, 0.5) is 0 Å². The lowest BCUT2D eigenvalue weighted by atomic mass is 9.96. The van der Waals surface area contributed by atoms with E-state index in [1.807, 2.05) is 19.1 Å². The molecule has 1 atom stereocenters. The minimum absolute atomic E-state index is 0. The summed E-state index contributed by atoms with van der Waals surface area (Å²) in [6, 6.07) is 5.58. The molecule has 6 nitrogen and oxygen atoms in total. The molecule has 0 bridgehead atoms. The van der Waals surface area contributed by atoms with Crippen LogP contribution < -0.4 is 16.2 Å². The topological polar surface area (TPSA) is 76.0 Å². The summed E-state index contributed by atoms with van der Waals surface area (Å²) >= 11 is 0. The smallest absolute Gasteiger partial charge is 0.261 e. The highest BCUT2D eigenvalue weighted by Gasteiger charge is 2.13. The van der Waals surface area contributed by atoms with Gasteiger partial charge in [-0.3, -0.25) is 14.2 Å². The van der Waals surface area contributed by atoms with E-state index in [-0.39, 0.29) is 23.9 Å². The molecule has 0 saturated carbocycles. The Morgan fingerprint density at radius 1 is 1.42 bits per heavy atom. The van der Waals surface area contributed by atoms with Gasteiger partial charge in [0, 0.05) is 19.5 Å². The molecule has 0 radical (unpaired) electrons. The maximum absolute atomic E-state index is 12.5. The number of hydrogen-bond donors (Lipinski definition) is 2. The van der Waals surface area contributed by atoms with Gasteiger partial charge >= 0.3 is 0 Å². The second-order valence-corrected chi connectivity index (χ2v) is 6.82. The van der Waals surface area contributed by atoms with Crippen molar-refractivity contribution >= 4 is 29.2 Å². The molecule has 2 heterocycles. The van der Waals surface area contributed by atoms with Gasteiger partial charge in [0.1, 0.15) is 0 Å². The number of carbonyl (C=O) groups is 1. The molecule has 1 aromatic carbocycles. The Morgan fingerprint density at radius 2 is 2.27 bits per heavy atom. The first kappa shape index (κ1) is 20.4. The molecule has 2 N–H and O–H groups in total. The third-order valence-corrected chi connectivity index (χ3v) is 4.91. The molecule has 2 aromatic rings. The first-order valence-electron chi connectivity index (χ1n) is 9.07. The Labute approximate surface area is 159 Å². The summed E-state index contributed by atoms with van der Waals surface area (Å²) < 4.78 is 1.52. The molecule has 1 aliphatic rings. The predicted molar refractivity (Wildman–Crippen MR) is 106 cm³/mol. The number of carbonyl (C=O) groups excluding carboxylic acids is 1. The van der Waals surface area contributed by atoms with E-state index in [9.17, 15) is 9.59 Å². The van der Waals surface area contributed by atoms with E-state index in [2.05, 4.69) is 15.6 Å². The number of hydrogen-bond acceptors (Lipinski definition) is 4. The van der Waals surface area contributed by atoms with Crippen LogP contribution >= 0.6 is 12.4 Å². The fraction of sp³-hybridized carbons (Fsp3) is 0.526. The second-order valence-electron chi connectivity index (χ2n) is 6.82. The summed E-state index contributed by atoms with van der Waals surface area (Å²) in [5.41, 5.74) is 1.63. The number of para-hydroxylation sites is 1. The van der Waals surface area contributed by atoms with Gasteiger partial charge in [-0.15, -0.1) is 12.4 Å². The Kier molecular flexibility index (Phi) is 7.60. The van der Waals surface area contributed by atoms with Crippen molar-refractivity contribution in [3.63, 3.8) is 0 Å². The zero-order valence-electron chi connectivity index (χ0n) is 15.2. The molecule has 7 heteroatoms. The van der Waals surface area contributed by atoms with Crippen LogP contribution in [0.25, 0.3) is 10.9 Å².